The summed E-state index contributed by atoms with van der Waals surface area (Å²) in [5.74, 6) is 0. The first-order valence-electron chi connectivity index (χ1n) is 4.65. The molecular formula is C8H16N2O3. The lowest BCUT2D eigenvalue weighted by Crippen LogP contribution is -2.64. The third kappa shape index (κ3) is 1.37. The quantitative estimate of drug-likeness (QED) is 0.337. The van der Waals surface area contributed by atoms with Crippen LogP contribution in [0.1, 0.15) is 6.42 Å². The van der Waals surface area contributed by atoms with E-state index >= 15 is 0 Å². The van der Waals surface area contributed by atoms with Crippen molar-refractivity contribution in [1.82, 2.24) is 4.90 Å². The van der Waals surface area contributed by atoms with E-state index in [1.807, 2.05) is 4.90 Å². The Kier molecular flexibility index (Phi) is 2.29. The number of hydrogen-bond donors (Lipinski definition) is 4. The molecule has 0 aliphatic carbocycles. The van der Waals surface area contributed by atoms with Crippen molar-refractivity contribution in [2.75, 3.05) is 13.1 Å². The van der Waals surface area contributed by atoms with Crippen molar-refractivity contribution in [2.45, 2.75) is 36.8 Å². The third-order valence-electron chi connectivity index (χ3n) is 3.13. The summed E-state index contributed by atoms with van der Waals surface area (Å²) in [4.78, 5) is 1.95. The number of rotatable bonds is 0. The lowest BCUT2D eigenvalue weighted by atomic mass is 9.91. The maximum Gasteiger partial charge on any atom is 0.0978 e. The second kappa shape index (κ2) is 3.18. The number of aliphatic hydroxyl groups is 3. The van der Waals surface area contributed by atoms with Gasteiger partial charge in [0.25, 0.3) is 0 Å². The van der Waals surface area contributed by atoms with Crippen LogP contribution < -0.4 is 5.73 Å². The summed E-state index contributed by atoms with van der Waals surface area (Å²) in [6, 6.07) is -0.723. The molecular weight excluding hydrogens is 172 g/mol. The topological polar surface area (TPSA) is 90.0 Å². The Morgan fingerprint density at radius 2 is 1.85 bits per heavy atom. The molecule has 2 saturated heterocycles. The zero-order valence-corrected chi connectivity index (χ0v) is 7.37. The number of fused-ring (bicyclic) bond motifs is 1. The van der Waals surface area contributed by atoms with Gasteiger partial charge in [-0.05, 0) is 6.42 Å². The van der Waals surface area contributed by atoms with Crippen LogP contribution in [0, 0.1) is 0 Å². The van der Waals surface area contributed by atoms with Gasteiger partial charge < -0.3 is 21.1 Å². The maximum absolute atomic E-state index is 9.58. The van der Waals surface area contributed by atoms with E-state index in [-0.39, 0.29) is 6.04 Å². The fourth-order valence-corrected chi connectivity index (χ4v) is 2.38. The van der Waals surface area contributed by atoms with Crippen LogP contribution in [0.3, 0.4) is 0 Å². The Balaban J connectivity index is 2.15. The molecule has 5 N–H and O–H groups in total. The minimum Gasteiger partial charge on any atom is -0.391 e. The van der Waals surface area contributed by atoms with Gasteiger partial charge in [-0.1, -0.05) is 0 Å². The summed E-state index contributed by atoms with van der Waals surface area (Å²) >= 11 is 0. The zero-order valence-electron chi connectivity index (χ0n) is 7.37. The molecule has 0 radical (unpaired) electrons. The number of nitrogens with zero attached hydrogens (tertiary/aromatic N) is 1. The Labute approximate surface area is 76.8 Å². The maximum atomic E-state index is 9.58. The Morgan fingerprint density at radius 1 is 1.15 bits per heavy atom. The molecule has 0 aromatic heterocycles. The molecule has 2 rings (SSSR count). The molecule has 5 heteroatoms. The van der Waals surface area contributed by atoms with E-state index in [2.05, 4.69) is 0 Å². The van der Waals surface area contributed by atoms with Crippen molar-refractivity contribution in [3.63, 3.8) is 0 Å². The van der Waals surface area contributed by atoms with Gasteiger partial charge in [0.1, 0.15) is 0 Å². The first-order chi connectivity index (χ1) is 6.11. The predicted molar refractivity (Wildman–Crippen MR) is 46.0 cm³/mol. The van der Waals surface area contributed by atoms with Gasteiger partial charge in [0, 0.05) is 13.1 Å². The van der Waals surface area contributed by atoms with Gasteiger partial charge in [-0.25, -0.2) is 0 Å². The summed E-state index contributed by atoms with van der Waals surface area (Å²) in [7, 11) is 0. The molecule has 0 saturated carbocycles. The molecule has 2 aliphatic heterocycles. The Hall–Kier alpha value is -0.200. The summed E-state index contributed by atoms with van der Waals surface area (Å²) in [5.41, 5.74) is 5.73. The lowest BCUT2D eigenvalue weighted by Gasteiger charge is -2.41. The van der Waals surface area contributed by atoms with Crippen LogP contribution in [0.5, 0.6) is 0 Å². The molecule has 5 atom stereocenters. The molecule has 2 fully saturated rings. The van der Waals surface area contributed by atoms with Crippen molar-refractivity contribution in [1.29, 1.82) is 0 Å². The third-order valence-corrected chi connectivity index (χ3v) is 3.13. The fraction of sp³-hybridized carbons (Fsp3) is 1.00. The number of hydrogen-bond acceptors (Lipinski definition) is 5. The smallest absolute Gasteiger partial charge is 0.0978 e. The highest BCUT2D eigenvalue weighted by Gasteiger charge is 2.46. The molecule has 0 aromatic carbocycles. The predicted octanol–water partition coefficient (Wildman–Crippen LogP) is -2.52. The first-order valence-corrected chi connectivity index (χ1v) is 4.65. The van der Waals surface area contributed by atoms with E-state index in [4.69, 9.17) is 5.73 Å². The number of nitrogens with two attached hydrogens (primary N) is 1. The molecule has 5 unspecified atom stereocenters. The van der Waals surface area contributed by atoms with E-state index in [9.17, 15) is 15.3 Å². The lowest BCUT2D eigenvalue weighted by molar-refractivity contribution is -0.0777. The minimum atomic E-state index is -0.908. The van der Waals surface area contributed by atoms with Crippen LogP contribution in [0.15, 0.2) is 0 Å². The zero-order chi connectivity index (χ0) is 9.59. The fourth-order valence-electron chi connectivity index (χ4n) is 2.38. The highest BCUT2D eigenvalue weighted by molar-refractivity contribution is 5.03. The molecule has 0 bridgehead atoms. The summed E-state index contributed by atoms with van der Waals surface area (Å²) < 4.78 is 0. The molecule has 0 aromatic rings. The van der Waals surface area contributed by atoms with Crippen LogP contribution in [0.2, 0.25) is 0 Å². The standard InChI is InChI=1S/C8H16N2O3/c9-6-7-4(11)1-2-10(7)3-5(12)8(6)13/h4-8,11-13H,1-3,9H2. The van der Waals surface area contributed by atoms with Gasteiger partial charge in [0.15, 0.2) is 0 Å². The highest BCUT2D eigenvalue weighted by Crippen LogP contribution is 2.26. The molecule has 2 heterocycles. The van der Waals surface area contributed by atoms with Crippen molar-refractivity contribution >= 4 is 0 Å². The summed E-state index contributed by atoms with van der Waals surface area (Å²) in [5, 5.41) is 28.5. The number of aliphatic hydroxyl groups excluding tert-OH is 3. The molecule has 5 nitrogen and oxygen atoms in total. The summed E-state index contributed by atoms with van der Waals surface area (Å²) in [6.45, 7) is 1.17. The Morgan fingerprint density at radius 3 is 2.54 bits per heavy atom. The van der Waals surface area contributed by atoms with Gasteiger partial charge in [0.05, 0.1) is 30.4 Å². The van der Waals surface area contributed by atoms with E-state index < -0.39 is 24.4 Å². The van der Waals surface area contributed by atoms with E-state index in [0.29, 0.717) is 13.0 Å². The van der Waals surface area contributed by atoms with Crippen molar-refractivity contribution in [3.05, 3.63) is 0 Å². The summed E-state index contributed by atoms with van der Waals surface area (Å²) in [6.07, 6.45) is -1.47. The molecule has 0 amide bonds. The van der Waals surface area contributed by atoms with Crippen LogP contribution in [-0.4, -0.2) is 63.7 Å². The SMILES string of the molecule is NC1C(O)C(O)CN2CCC(O)C12. The molecule has 76 valence electrons. The van der Waals surface area contributed by atoms with Gasteiger partial charge in [-0.3, -0.25) is 4.90 Å². The Bertz CT molecular complexity index is 202. The van der Waals surface area contributed by atoms with Crippen LogP contribution in [0.4, 0.5) is 0 Å². The molecule has 13 heavy (non-hydrogen) atoms. The second-order valence-electron chi connectivity index (χ2n) is 3.98. The van der Waals surface area contributed by atoms with Crippen molar-refractivity contribution in [3.8, 4) is 0 Å². The van der Waals surface area contributed by atoms with Crippen molar-refractivity contribution in [2.24, 2.45) is 5.73 Å². The van der Waals surface area contributed by atoms with E-state index in [0.717, 1.165) is 6.54 Å². The van der Waals surface area contributed by atoms with Crippen LogP contribution in [-0.2, 0) is 0 Å². The second-order valence-corrected chi connectivity index (χ2v) is 3.98. The largest absolute Gasteiger partial charge is 0.391 e. The highest BCUT2D eigenvalue weighted by atomic mass is 16.3. The van der Waals surface area contributed by atoms with Gasteiger partial charge in [-0.15, -0.1) is 0 Å². The number of piperidine rings is 1. The molecule has 2 aliphatic rings. The normalized spacial score (nSPS) is 52.2. The van der Waals surface area contributed by atoms with Gasteiger partial charge in [0.2, 0.25) is 0 Å². The average Bonchev–Trinajstić information content (AvgIpc) is 2.43. The first kappa shape index (κ1) is 9.36. The van der Waals surface area contributed by atoms with Gasteiger partial charge >= 0.3 is 0 Å². The van der Waals surface area contributed by atoms with Crippen LogP contribution in [0.25, 0.3) is 0 Å². The van der Waals surface area contributed by atoms with Gasteiger partial charge in [-0.2, -0.15) is 0 Å². The minimum absolute atomic E-state index is 0.182. The average molecular weight is 188 g/mol. The van der Waals surface area contributed by atoms with Crippen molar-refractivity contribution < 1.29 is 15.3 Å². The monoisotopic (exact) mass is 188 g/mol. The van der Waals surface area contributed by atoms with E-state index in [1.165, 1.54) is 0 Å². The van der Waals surface area contributed by atoms with Crippen LogP contribution >= 0.6 is 0 Å². The van der Waals surface area contributed by atoms with E-state index in [1.54, 1.807) is 0 Å². The molecule has 0 spiro atoms.